The van der Waals surface area contributed by atoms with E-state index < -0.39 is 18.3 Å². The van der Waals surface area contributed by atoms with Crippen molar-refractivity contribution >= 4 is 34.5 Å². The number of aliphatic hydroxyl groups is 2. The highest BCUT2D eigenvalue weighted by Gasteiger charge is 2.33. The smallest absolute Gasteiger partial charge is 0.235 e. The van der Waals surface area contributed by atoms with Crippen LogP contribution < -0.4 is 15.4 Å². The molecule has 184 valence electrons. The van der Waals surface area contributed by atoms with Crippen molar-refractivity contribution in [1.29, 1.82) is 0 Å². The van der Waals surface area contributed by atoms with E-state index in [2.05, 4.69) is 25.6 Å². The first-order valence-corrected chi connectivity index (χ1v) is 12.4. The van der Waals surface area contributed by atoms with Gasteiger partial charge in [0, 0.05) is 30.4 Å². The van der Waals surface area contributed by atoms with Crippen molar-refractivity contribution in [2.45, 2.75) is 48.6 Å². The summed E-state index contributed by atoms with van der Waals surface area (Å²) in [4.78, 5) is 25.8. The Morgan fingerprint density at radius 3 is 2.91 bits per heavy atom. The highest BCUT2D eigenvalue weighted by molar-refractivity contribution is 8.00. The van der Waals surface area contributed by atoms with Crippen molar-refractivity contribution in [3.05, 3.63) is 47.8 Å². The van der Waals surface area contributed by atoms with Crippen molar-refractivity contribution in [2.75, 3.05) is 24.8 Å². The number of nitrogens with zero attached hydrogens (tertiary/aromatic N) is 3. The van der Waals surface area contributed by atoms with Gasteiger partial charge >= 0.3 is 0 Å². The lowest BCUT2D eigenvalue weighted by molar-refractivity contribution is -0.114. The fourth-order valence-corrected chi connectivity index (χ4v) is 5.08. The molecule has 2 aliphatic heterocycles. The predicted octanol–water partition coefficient (Wildman–Crippen LogP) is 1.81. The molecule has 1 fully saturated rings. The maximum absolute atomic E-state index is 11.6. The van der Waals surface area contributed by atoms with Crippen molar-refractivity contribution in [3.63, 3.8) is 0 Å². The number of thioether (sulfide) groups is 1. The number of pyridine rings is 3. The van der Waals surface area contributed by atoms with Gasteiger partial charge in [-0.25, -0.2) is 9.97 Å². The van der Waals surface area contributed by atoms with Crippen molar-refractivity contribution in [3.8, 4) is 5.88 Å². The molecule has 0 radical (unpaired) electrons. The molecule has 0 bridgehead atoms. The van der Waals surface area contributed by atoms with Gasteiger partial charge in [0.05, 0.1) is 47.2 Å². The zero-order valence-corrected chi connectivity index (χ0v) is 20.0. The van der Waals surface area contributed by atoms with E-state index in [0.29, 0.717) is 53.6 Å². The minimum atomic E-state index is -1.18. The van der Waals surface area contributed by atoms with E-state index in [9.17, 15) is 15.0 Å². The fourth-order valence-electron chi connectivity index (χ4n) is 4.32. The molecule has 0 spiro atoms. The number of hydrogen-bond acceptors (Lipinski definition) is 10. The maximum Gasteiger partial charge on any atom is 0.235 e. The summed E-state index contributed by atoms with van der Waals surface area (Å²) >= 11 is 1.48. The van der Waals surface area contributed by atoms with E-state index in [1.165, 1.54) is 18.9 Å². The monoisotopic (exact) mass is 497 g/mol. The third-order valence-electron chi connectivity index (χ3n) is 6.24. The number of aromatic nitrogens is 3. The number of rotatable bonds is 7. The molecular weight excluding hydrogens is 470 g/mol. The topological polar surface area (TPSA) is 139 Å². The number of fused-ring (bicyclic) bond motifs is 2. The Labute approximate surface area is 206 Å². The van der Waals surface area contributed by atoms with Crippen LogP contribution in [0, 0.1) is 0 Å². The number of amides is 1. The molecule has 2 aliphatic rings. The van der Waals surface area contributed by atoms with Gasteiger partial charge in [0.15, 0.2) is 0 Å². The highest BCUT2D eigenvalue weighted by Crippen LogP contribution is 2.31. The Bertz CT molecular complexity index is 1220. The molecular formula is C24H27N5O5S. The zero-order chi connectivity index (χ0) is 24.4. The number of nitrogens with one attached hydrogen (secondary N) is 2. The van der Waals surface area contributed by atoms with Gasteiger partial charge in [-0.05, 0) is 37.1 Å². The van der Waals surface area contributed by atoms with Crippen molar-refractivity contribution in [1.82, 2.24) is 20.3 Å². The van der Waals surface area contributed by atoms with Crippen LogP contribution in [0.2, 0.25) is 0 Å². The molecule has 11 heteroatoms. The largest absolute Gasteiger partial charge is 0.481 e. The molecule has 35 heavy (non-hydrogen) atoms. The first kappa shape index (κ1) is 23.9. The molecule has 3 aromatic rings. The summed E-state index contributed by atoms with van der Waals surface area (Å²) in [6.07, 6.45) is 0.142. The van der Waals surface area contributed by atoms with Crippen LogP contribution in [0.15, 0.2) is 41.4 Å². The number of hydrogen-bond donors (Lipinski definition) is 4. The number of aliphatic hydroxyl groups excluding tert-OH is 2. The van der Waals surface area contributed by atoms with Crippen LogP contribution in [0.5, 0.6) is 5.88 Å². The molecule has 0 saturated carbocycles. The van der Waals surface area contributed by atoms with Crippen LogP contribution in [0.25, 0.3) is 11.0 Å². The Morgan fingerprint density at radius 2 is 2.11 bits per heavy atom. The molecule has 0 aliphatic carbocycles. The van der Waals surface area contributed by atoms with Crippen LogP contribution >= 0.6 is 11.8 Å². The summed E-state index contributed by atoms with van der Waals surface area (Å²) < 4.78 is 11.1. The molecule has 1 saturated heterocycles. The summed E-state index contributed by atoms with van der Waals surface area (Å²) in [6, 6.07) is 9.13. The van der Waals surface area contributed by atoms with Crippen LogP contribution in [-0.2, 0) is 16.1 Å². The maximum atomic E-state index is 11.6. The Morgan fingerprint density at radius 1 is 1.23 bits per heavy atom. The van der Waals surface area contributed by atoms with Gasteiger partial charge in [-0.1, -0.05) is 0 Å². The predicted molar refractivity (Wildman–Crippen MR) is 130 cm³/mol. The van der Waals surface area contributed by atoms with Gasteiger partial charge in [0.1, 0.15) is 18.0 Å². The van der Waals surface area contributed by atoms with Crippen LogP contribution in [-0.4, -0.2) is 68.8 Å². The summed E-state index contributed by atoms with van der Waals surface area (Å²) in [5.74, 6) is 1.39. The van der Waals surface area contributed by atoms with E-state index in [1.54, 1.807) is 24.4 Å². The van der Waals surface area contributed by atoms with E-state index in [4.69, 9.17) is 9.47 Å². The van der Waals surface area contributed by atoms with Gasteiger partial charge in [0.2, 0.25) is 11.8 Å². The summed E-state index contributed by atoms with van der Waals surface area (Å²) in [5, 5.41) is 28.1. The van der Waals surface area contributed by atoms with E-state index in [0.717, 1.165) is 17.0 Å². The number of ether oxygens (including phenoxy) is 2. The molecule has 1 amide bonds. The van der Waals surface area contributed by atoms with Gasteiger partial charge in [-0.15, -0.1) is 11.8 Å². The summed E-state index contributed by atoms with van der Waals surface area (Å²) in [7, 11) is 1.52. The molecule has 5 heterocycles. The zero-order valence-electron chi connectivity index (χ0n) is 19.2. The first-order chi connectivity index (χ1) is 17.0. The lowest BCUT2D eigenvalue weighted by Gasteiger charge is -2.34. The van der Waals surface area contributed by atoms with E-state index in [1.807, 2.05) is 12.1 Å². The van der Waals surface area contributed by atoms with Gasteiger partial charge in [-0.3, -0.25) is 9.78 Å². The average molecular weight is 498 g/mol. The fraction of sp³-hybridized carbons (Fsp3) is 0.417. The van der Waals surface area contributed by atoms with E-state index in [-0.39, 0.29) is 11.9 Å². The molecule has 3 aromatic heterocycles. The number of carbonyl (C=O) groups excluding carboxylic acids is 1. The number of anilines is 1. The highest BCUT2D eigenvalue weighted by atomic mass is 32.2. The number of carbonyl (C=O) groups is 1. The third kappa shape index (κ3) is 5.24. The van der Waals surface area contributed by atoms with E-state index >= 15 is 0 Å². The van der Waals surface area contributed by atoms with Gasteiger partial charge in [0.25, 0.3) is 0 Å². The van der Waals surface area contributed by atoms with Crippen molar-refractivity contribution in [2.24, 2.45) is 0 Å². The molecule has 10 nitrogen and oxygen atoms in total. The quantitative estimate of drug-likeness (QED) is 0.382. The Kier molecular flexibility index (Phi) is 7.12. The second-order valence-electron chi connectivity index (χ2n) is 8.57. The molecule has 0 aromatic carbocycles. The lowest BCUT2D eigenvalue weighted by atomic mass is 9.94. The Balaban J connectivity index is 1.17. The Hall–Kier alpha value is -2.83. The minimum absolute atomic E-state index is 0.0396. The van der Waals surface area contributed by atoms with Crippen molar-refractivity contribution < 1.29 is 24.5 Å². The SMILES string of the molecule is COc1ccc2nccc([C@H](O)[C@@H](O)[C@H]3CC[C@H](NCc4ccc5c(n4)NC(=O)CS5)CO3)c2n1. The van der Waals surface area contributed by atoms with Gasteiger partial charge in [-0.2, -0.15) is 0 Å². The minimum Gasteiger partial charge on any atom is -0.481 e. The van der Waals surface area contributed by atoms with Gasteiger partial charge < -0.3 is 30.3 Å². The van der Waals surface area contributed by atoms with Crippen LogP contribution in [0.3, 0.4) is 0 Å². The first-order valence-electron chi connectivity index (χ1n) is 11.4. The molecule has 4 N–H and O–H groups in total. The van der Waals surface area contributed by atoms with Crippen LogP contribution in [0.4, 0.5) is 5.82 Å². The second kappa shape index (κ2) is 10.4. The van der Waals surface area contributed by atoms with Crippen LogP contribution in [0.1, 0.15) is 30.2 Å². The summed E-state index contributed by atoms with van der Waals surface area (Å²) in [6.45, 7) is 0.934. The standard InChI is InChI=1S/C24H27N5O5S/c1-33-20-7-4-16-21(29-20)15(8-9-25-16)22(31)23(32)17-5-2-14(11-34-17)26-10-13-3-6-18-24(27-13)28-19(30)12-35-18/h3-4,6-9,14,17,22-23,26,31-32H,2,5,10-12H2,1H3,(H,27,28,30)/t14-,17+,22-,23-/m0/s1. The molecule has 0 unspecified atom stereocenters. The number of methoxy groups -OCH3 is 1. The molecule has 4 atom stereocenters. The summed E-state index contributed by atoms with van der Waals surface area (Å²) in [5.41, 5.74) is 2.41. The second-order valence-corrected chi connectivity index (χ2v) is 9.59. The molecule has 5 rings (SSSR count). The average Bonchev–Trinajstić information content (AvgIpc) is 2.90. The lowest BCUT2D eigenvalue weighted by Crippen LogP contribution is -2.45. The normalized spacial score (nSPS) is 21.7. The third-order valence-corrected chi connectivity index (χ3v) is 7.28.